The van der Waals surface area contributed by atoms with E-state index < -0.39 is 0 Å². The molecular formula is C19H27N3O. The fourth-order valence-corrected chi connectivity index (χ4v) is 3.53. The van der Waals surface area contributed by atoms with Crippen molar-refractivity contribution in [3.8, 4) is 0 Å². The van der Waals surface area contributed by atoms with E-state index in [9.17, 15) is 5.11 Å². The predicted octanol–water partition coefficient (Wildman–Crippen LogP) is 3.25. The molecule has 124 valence electrons. The summed E-state index contributed by atoms with van der Waals surface area (Å²) < 4.78 is 2.13. The molecule has 3 rings (SSSR count). The van der Waals surface area contributed by atoms with Gasteiger partial charge in [0.25, 0.3) is 0 Å². The van der Waals surface area contributed by atoms with Crippen molar-refractivity contribution in [2.45, 2.75) is 50.8 Å². The lowest BCUT2D eigenvalue weighted by Crippen LogP contribution is -2.38. The number of hydrogen-bond donors (Lipinski definition) is 1. The number of likely N-dealkylation sites (tertiary alicyclic amines) is 1. The summed E-state index contributed by atoms with van der Waals surface area (Å²) in [6, 6.07) is 10.5. The standard InChI is InChI=1S/C19H27N3O/c23-19(17-7-3-1-4-8-17)15-18-9-5-2-6-11-22(18)14-13-21-12-10-20-16-21/h1,3-4,7-8,10,12,16,18-19,23H,2,5-6,9,11,13-15H2. The van der Waals surface area contributed by atoms with Gasteiger partial charge in [-0.2, -0.15) is 0 Å². The summed E-state index contributed by atoms with van der Waals surface area (Å²) in [6.07, 6.45) is 11.2. The first-order chi connectivity index (χ1) is 11.3. The molecular weight excluding hydrogens is 286 g/mol. The Morgan fingerprint density at radius 2 is 2.00 bits per heavy atom. The Labute approximate surface area is 138 Å². The van der Waals surface area contributed by atoms with Gasteiger partial charge in [0.1, 0.15) is 0 Å². The largest absolute Gasteiger partial charge is 0.388 e. The molecule has 1 aromatic carbocycles. The van der Waals surface area contributed by atoms with Gasteiger partial charge < -0.3 is 9.67 Å². The fourth-order valence-electron chi connectivity index (χ4n) is 3.53. The van der Waals surface area contributed by atoms with Crippen LogP contribution in [0.3, 0.4) is 0 Å². The highest BCUT2D eigenvalue weighted by molar-refractivity contribution is 5.17. The Kier molecular flexibility index (Phi) is 5.83. The van der Waals surface area contributed by atoms with E-state index in [1.54, 1.807) is 0 Å². The van der Waals surface area contributed by atoms with Crippen LogP contribution in [0.1, 0.15) is 43.8 Å². The average molecular weight is 313 g/mol. The van der Waals surface area contributed by atoms with Gasteiger partial charge in [-0.1, -0.05) is 43.2 Å². The molecule has 0 aliphatic carbocycles. The highest BCUT2D eigenvalue weighted by Crippen LogP contribution is 2.26. The zero-order valence-electron chi connectivity index (χ0n) is 13.7. The van der Waals surface area contributed by atoms with E-state index in [1.807, 2.05) is 49.1 Å². The van der Waals surface area contributed by atoms with E-state index in [-0.39, 0.29) is 6.10 Å². The lowest BCUT2D eigenvalue weighted by molar-refractivity contribution is 0.0993. The number of rotatable bonds is 6. The first-order valence-corrected chi connectivity index (χ1v) is 8.76. The summed E-state index contributed by atoms with van der Waals surface area (Å²) >= 11 is 0. The van der Waals surface area contributed by atoms with Gasteiger partial charge in [-0.3, -0.25) is 4.90 Å². The van der Waals surface area contributed by atoms with Crippen molar-refractivity contribution in [1.29, 1.82) is 0 Å². The monoisotopic (exact) mass is 313 g/mol. The summed E-state index contributed by atoms with van der Waals surface area (Å²) in [4.78, 5) is 6.68. The lowest BCUT2D eigenvalue weighted by Gasteiger charge is -2.31. The second kappa shape index (κ2) is 8.27. The predicted molar refractivity (Wildman–Crippen MR) is 92.1 cm³/mol. The summed E-state index contributed by atoms with van der Waals surface area (Å²) in [5, 5.41) is 10.6. The SMILES string of the molecule is OC(CC1CCCCCN1CCn1ccnc1)c1ccccc1. The number of imidazole rings is 1. The molecule has 2 heterocycles. The molecule has 1 saturated heterocycles. The molecule has 2 unspecified atom stereocenters. The quantitative estimate of drug-likeness (QED) is 0.890. The van der Waals surface area contributed by atoms with Gasteiger partial charge >= 0.3 is 0 Å². The van der Waals surface area contributed by atoms with Gasteiger partial charge in [-0.25, -0.2) is 4.98 Å². The van der Waals surface area contributed by atoms with Crippen molar-refractivity contribution in [3.63, 3.8) is 0 Å². The van der Waals surface area contributed by atoms with Crippen LogP contribution in [-0.4, -0.2) is 38.7 Å². The van der Waals surface area contributed by atoms with Crippen LogP contribution in [-0.2, 0) is 6.54 Å². The number of aromatic nitrogens is 2. The van der Waals surface area contributed by atoms with Crippen LogP contribution in [0.15, 0.2) is 49.1 Å². The van der Waals surface area contributed by atoms with Crippen molar-refractivity contribution in [2.24, 2.45) is 0 Å². The fraction of sp³-hybridized carbons (Fsp3) is 0.526. The molecule has 0 bridgehead atoms. The number of aliphatic hydroxyl groups is 1. The third-order valence-electron chi connectivity index (χ3n) is 4.88. The third-order valence-corrected chi connectivity index (χ3v) is 4.88. The molecule has 0 amide bonds. The van der Waals surface area contributed by atoms with Gasteiger partial charge in [-0.15, -0.1) is 0 Å². The van der Waals surface area contributed by atoms with Gasteiger partial charge in [0.05, 0.1) is 12.4 Å². The molecule has 0 saturated carbocycles. The molecule has 1 N–H and O–H groups in total. The first kappa shape index (κ1) is 16.2. The molecule has 2 atom stereocenters. The van der Waals surface area contributed by atoms with E-state index >= 15 is 0 Å². The smallest absolute Gasteiger partial charge is 0.0946 e. The van der Waals surface area contributed by atoms with Crippen LogP contribution >= 0.6 is 0 Å². The number of hydrogen-bond acceptors (Lipinski definition) is 3. The topological polar surface area (TPSA) is 41.3 Å². The van der Waals surface area contributed by atoms with E-state index in [4.69, 9.17) is 0 Å². The summed E-state index contributed by atoms with van der Waals surface area (Å²) in [5.41, 5.74) is 1.03. The van der Waals surface area contributed by atoms with E-state index in [2.05, 4.69) is 14.5 Å². The third kappa shape index (κ3) is 4.66. The summed E-state index contributed by atoms with van der Waals surface area (Å²) in [7, 11) is 0. The molecule has 4 heteroatoms. The van der Waals surface area contributed by atoms with E-state index in [1.165, 1.54) is 25.7 Å². The lowest BCUT2D eigenvalue weighted by atomic mass is 9.98. The van der Waals surface area contributed by atoms with Crippen LogP contribution in [0.5, 0.6) is 0 Å². The highest BCUT2D eigenvalue weighted by atomic mass is 16.3. The molecule has 23 heavy (non-hydrogen) atoms. The molecule has 1 aliphatic heterocycles. The Balaban J connectivity index is 1.61. The molecule has 2 aromatic rings. The van der Waals surface area contributed by atoms with E-state index in [0.717, 1.165) is 31.6 Å². The summed E-state index contributed by atoms with van der Waals surface area (Å²) in [6.45, 7) is 3.14. The van der Waals surface area contributed by atoms with Gasteiger partial charge in [0, 0.05) is 31.5 Å². The van der Waals surface area contributed by atoms with Gasteiger partial charge in [-0.05, 0) is 31.4 Å². The van der Waals surface area contributed by atoms with Crippen molar-refractivity contribution in [2.75, 3.05) is 13.1 Å². The maximum Gasteiger partial charge on any atom is 0.0946 e. The Morgan fingerprint density at radius 1 is 1.13 bits per heavy atom. The molecule has 0 radical (unpaired) electrons. The minimum absolute atomic E-state index is 0.366. The Hall–Kier alpha value is -1.65. The normalized spacial score (nSPS) is 21.0. The van der Waals surface area contributed by atoms with Crippen molar-refractivity contribution >= 4 is 0 Å². The first-order valence-electron chi connectivity index (χ1n) is 8.76. The van der Waals surface area contributed by atoms with Gasteiger partial charge in [0.15, 0.2) is 0 Å². The maximum atomic E-state index is 10.6. The maximum absolute atomic E-state index is 10.6. The van der Waals surface area contributed by atoms with Crippen molar-refractivity contribution < 1.29 is 5.11 Å². The average Bonchev–Trinajstić information content (AvgIpc) is 3.01. The molecule has 4 nitrogen and oxygen atoms in total. The van der Waals surface area contributed by atoms with Crippen LogP contribution in [0.2, 0.25) is 0 Å². The van der Waals surface area contributed by atoms with Crippen LogP contribution in [0, 0.1) is 0 Å². The number of nitrogens with zero attached hydrogens (tertiary/aromatic N) is 3. The van der Waals surface area contributed by atoms with Crippen LogP contribution in [0.25, 0.3) is 0 Å². The molecule has 1 fully saturated rings. The zero-order valence-corrected chi connectivity index (χ0v) is 13.7. The number of benzene rings is 1. The molecule has 0 spiro atoms. The Morgan fingerprint density at radius 3 is 2.78 bits per heavy atom. The van der Waals surface area contributed by atoms with E-state index in [0.29, 0.717) is 6.04 Å². The van der Waals surface area contributed by atoms with Gasteiger partial charge in [0.2, 0.25) is 0 Å². The molecule has 1 aromatic heterocycles. The highest BCUT2D eigenvalue weighted by Gasteiger charge is 2.24. The van der Waals surface area contributed by atoms with Crippen LogP contribution in [0.4, 0.5) is 0 Å². The van der Waals surface area contributed by atoms with Crippen molar-refractivity contribution in [3.05, 3.63) is 54.6 Å². The number of aliphatic hydroxyl groups excluding tert-OH is 1. The molecule has 1 aliphatic rings. The van der Waals surface area contributed by atoms with Crippen LogP contribution < -0.4 is 0 Å². The summed E-state index contributed by atoms with van der Waals surface area (Å²) in [5.74, 6) is 0. The van der Waals surface area contributed by atoms with Crippen molar-refractivity contribution in [1.82, 2.24) is 14.5 Å². The minimum Gasteiger partial charge on any atom is -0.388 e. The second-order valence-electron chi connectivity index (χ2n) is 6.50. The Bertz CT molecular complexity index is 555. The zero-order chi connectivity index (χ0) is 15.9. The minimum atomic E-state index is -0.366. The second-order valence-corrected chi connectivity index (χ2v) is 6.50.